The largest absolute Gasteiger partial charge is 0.481 e. The number of hydrogen-bond acceptors (Lipinski definition) is 4. The van der Waals surface area contributed by atoms with Crippen LogP contribution in [0.4, 0.5) is 11.4 Å². The van der Waals surface area contributed by atoms with Crippen molar-refractivity contribution in [2.45, 2.75) is 58.7 Å². The first-order valence-corrected chi connectivity index (χ1v) is 12.1. The Morgan fingerprint density at radius 3 is 2.71 bits per heavy atom. The van der Waals surface area contributed by atoms with Crippen LogP contribution in [0.1, 0.15) is 65.2 Å². The Morgan fingerprint density at radius 1 is 1.21 bits per heavy atom. The van der Waals surface area contributed by atoms with Gasteiger partial charge in [0.1, 0.15) is 0 Å². The van der Waals surface area contributed by atoms with E-state index in [1.165, 1.54) is 16.8 Å². The van der Waals surface area contributed by atoms with Crippen LogP contribution in [0.15, 0.2) is 48.7 Å². The minimum atomic E-state index is -0.814. The van der Waals surface area contributed by atoms with Crippen LogP contribution in [0.3, 0.4) is 0 Å². The Labute approximate surface area is 202 Å². The highest BCUT2D eigenvalue weighted by Crippen LogP contribution is 2.37. The second kappa shape index (κ2) is 9.94. The van der Waals surface area contributed by atoms with Gasteiger partial charge < -0.3 is 20.7 Å². The maximum absolute atomic E-state index is 11.9. The Kier molecular flexibility index (Phi) is 6.98. The zero-order valence-electron chi connectivity index (χ0n) is 20.6. The second-order valence-corrected chi connectivity index (χ2v) is 9.35. The van der Waals surface area contributed by atoms with Crippen LogP contribution >= 0.6 is 0 Å². The van der Waals surface area contributed by atoms with Crippen LogP contribution in [-0.2, 0) is 17.9 Å². The van der Waals surface area contributed by atoms with Gasteiger partial charge in [-0.15, -0.1) is 0 Å². The zero-order valence-corrected chi connectivity index (χ0v) is 20.6. The van der Waals surface area contributed by atoms with Crippen molar-refractivity contribution in [2.24, 2.45) is 0 Å². The number of rotatable bonds is 8. The molecule has 6 heteroatoms. The van der Waals surface area contributed by atoms with Gasteiger partial charge in [0.25, 0.3) is 0 Å². The number of aryl methyl sites for hydroxylation is 1. The van der Waals surface area contributed by atoms with Gasteiger partial charge in [-0.05, 0) is 66.3 Å². The molecular formula is C28H36N4O2. The van der Waals surface area contributed by atoms with Crippen LogP contribution in [0.5, 0.6) is 0 Å². The highest BCUT2D eigenvalue weighted by molar-refractivity contribution is 5.74. The molecule has 2 unspecified atom stereocenters. The Bertz CT molecular complexity index is 1180. The average molecular weight is 461 g/mol. The van der Waals surface area contributed by atoms with E-state index in [-0.39, 0.29) is 12.3 Å². The smallest absolute Gasteiger partial charge is 0.304 e. The van der Waals surface area contributed by atoms with E-state index in [0.717, 1.165) is 48.4 Å². The second-order valence-electron chi connectivity index (χ2n) is 9.35. The molecule has 2 heterocycles. The molecule has 34 heavy (non-hydrogen) atoms. The molecule has 0 radical (unpaired) electrons. The van der Waals surface area contributed by atoms with E-state index in [4.69, 9.17) is 5.73 Å². The predicted octanol–water partition coefficient (Wildman–Crippen LogP) is 5.30. The maximum Gasteiger partial charge on any atom is 0.304 e. The van der Waals surface area contributed by atoms with E-state index in [0.29, 0.717) is 11.7 Å². The molecule has 3 aromatic rings. The van der Waals surface area contributed by atoms with E-state index in [1.807, 2.05) is 26.1 Å². The molecule has 1 aliphatic heterocycles. The summed E-state index contributed by atoms with van der Waals surface area (Å²) in [7, 11) is 1.84. The summed E-state index contributed by atoms with van der Waals surface area (Å²) in [4.78, 5) is 14.4. The number of carboxylic acids is 1. The van der Waals surface area contributed by atoms with Crippen molar-refractivity contribution in [3.63, 3.8) is 0 Å². The number of hydrogen-bond donors (Lipinski definition) is 3. The third-order valence-corrected chi connectivity index (χ3v) is 7.39. The lowest BCUT2D eigenvalue weighted by Gasteiger charge is -2.37. The van der Waals surface area contributed by atoms with Crippen molar-refractivity contribution >= 4 is 17.3 Å². The van der Waals surface area contributed by atoms with E-state index >= 15 is 0 Å². The highest BCUT2D eigenvalue weighted by Gasteiger charge is 2.27. The topological polar surface area (TPSA) is 83.5 Å². The van der Waals surface area contributed by atoms with Gasteiger partial charge in [0, 0.05) is 44.5 Å². The van der Waals surface area contributed by atoms with Gasteiger partial charge in [-0.1, -0.05) is 31.2 Å². The van der Waals surface area contributed by atoms with Crippen molar-refractivity contribution in [1.29, 1.82) is 0 Å². The molecule has 0 saturated carbocycles. The number of nitrogens with one attached hydrogen (secondary N) is 1. The molecule has 1 aromatic heterocycles. The number of aliphatic carboxylic acids is 1. The summed E-state index contributed by atoms with van der Waals surface area (Å²) in [6, 6.07) is 15.1. The first kappa shape index (κ1) is 23.9. The minimum Gasteiger partial charge on any atom is -0.481 e. The molecule has 2 atom stereocenters. The fourth-order valence-electron chi connectivity index (χ4n) is 5.39. The molecule has 6 nitrogen and oxygen atoms in total. The zero-order chi connectivity index (χ0) is 24.4. The summed E-state index contributed by atoms with van der Waals surface area (Å²) in [5.41, 5.74) is 14.7. The molecule has 0 fully saturated rings. The fraction of sp³-hybridized carbons (Fsp3) is 0.393. The van der Waals surface area contributed by atoms with Crippen LogP contribution in [-0.4, -0.2) is 34.1 Å². The van der Waals surface area contributed by atoms with Crippen molar-refractivity contribution in [3.05, 3.63) is 82.2 Å². The lowest BCUT2D eigenvalue weighted by molar-refractivity contribution is -0.137. The Balaban J connectivity index is 1.69. The first-order chi connectivity index (χ1) is 16.3. The van der Waals surface area contributed by atoms with Gasteiger partial charge in [0.15, 0.2) is 0 Å². The van der Waals surface area contributed by atoms with Gasteiger partial charge in [0.2, 0.25) is 0 Å². The summed E-state index contributed by atoms with van der Waals surface area (Å²) < 4.78 is 2.36. The molecule has 4 N–H and O–H groups in total. The van der Waals surface area contributed by atoms with E-state index in [2.05, 4.69) is 65.2 Å². The molecule has 1 aliphatic rings. The number of aromatic nitrogens is 1. The predicted molar refractivity (Wildman–Crippen MR) is 138 cm³/mol. The van der Waals surface area contributed by atoms with Gasteiger partial charge in [-0.25, -0.2) is 0 Å². The molecule has 0 saturated heterocycles. The highest BCUT2D eigenvalue weighted by atomic mass is 16.4. The minimum absolute atomic E-state index is 0.0243. The summed E-state index contributed by atoms with van der Waals surface area (Å²) >= 11 is 0. The number of nitrogens with two attached hydrogens (primary N) is 1. The number of benzene rings is 2. The van der Waals surface area contributed by atoms with Crippen LogP contribution in [0.25, 0.3) is 0 Å². The molecule has 0 spiro atoms. The number of nitrogens with zero attached hydrogens (tertiary/aromatic N) is 2. The fourth-order valence-corrected chi connectivity index (χ4v) is 5.39. The van der Waals surface area contributed by atoms with Crippen molar-refractivity contribution in [2.75, 3.05) is 24.6 Å². The number of anilines is 2. The molecule has 0 aliphatic carbocycles. The lowest BCUT2D eigenvalue weighted by atomic mass is 9.84. The SMILES string of the molecule is CCC1c2cccn2CCN1Cc1cc(C(CC(=O)O)c2ccc(NC)c(N)c2C)ccc1C. The number of carbonyl (C=O) groups is 1. The molecular weight excluding hydrogens is 424 g/mol. The number of nitrogen functional groups attached to an aromatic ring is 1. The molecule has 2 aromatic carbocycles. The van der Waals surface area contributed by atoms with Crippen molar-refractivity contribution in [1.82, 2.24) is 9.47 Å². The van der Waals surface area contributed by atoms with Gasteiger partial charge in [-0.2, -0.15) is 0 Å². The molecule has 0 amide bonds. The van der Waals surface area contributed by atoms with Crippen LogP contribution < -0.4 is 11.1 Å². The standard InChI is InChI=1S/C28H36N4O2/c1-5-25-26-7-6-12-31(26)13-14-32(25)17-21-15-20(9-8-18(21)2)23(16-27(33)34)22-10-11-24(30-4)28(29)19(22)3/h6-12,15,23,25,30H,5,13-14,16-17,29H2,1-4H3,(H,33,34). The molecule has 180 valence electrons. The van der Waals surface area contributed by atoms with E-state index in [1.54, 1.807) is 0 Å². The van der Waals surface area contributed by atoms with E-state index in [9.17, 15) is 9.90 Å². The van der Waals surface area contributed by atoms with Crippen molar-refractivity contribution < 1.29 is 9.90 Å². The van der Waals surface area contributed by atoms with E-state index < -0.39 is 5.97 Å². The summed E-state index contributed by atoms with van der Waals surface area (Å²) in [6.45, 7) is 9.21. The third kappa shape index (κ3) is 4.55. The normalized spacial score (nSPS) is 16.8. The Morgan fingerprint density at radius 2 is 2.00 bits per heavy atom. The molecule has 0 bridgehead atoms. The number of fused-ring (bicyclic) bond motifs is 1. The van der Waals surface area contributed by atoms with Crippen LogP contribution in [0, 0.1) is 13.8 Å². The van der Waals surface area contributed by atoms with Gasteiger partial charge in [-0.3, -0.25) is 9.69 Å². The Hall–Kier alpha value is -3.25. The quantitative estimate of drug-likeness (QED) is 0.397. The number of carboxylic acid groups (broad SMARTS) is 1. The van der Waals surface area contributed by atoms with Gasteiger partial charge in [0.05, 0.1) is 23.8 Å². The lowest BCUT2D eigenvalue weighted by Crippen LogP contribution is -2.37. The molecule has 4 rings (SSSR count). The summed E-state index contributed by atoms with van der Waals surface area (Å²) in [5.74, 6) is -1.07. The average Bonchev–Trinajstić information content (AvgIpc) is 3.30. The first-order valence-electron chi connectivity index (χ1n) is 12.1. The summed E-state index contributed by atoms with van der Waals surface area (Å²) in [5, 5.41) is 12.8. The van der Waals surface area contributed by atoms with Gasteiger partial charge >= 0.3 is 5.97 Å². The third-order valence-electron chi connectivity index (χ3n) is 7.39. The monoisotopic (exact) mass is 460 g/mol. The van der Waals surface area contributed by atoms with Crippen molar-refractivity contribution in [3.8, 4) is 0 Å². The van der Waals surface area contributed by atoms with Crippen LogP contribution in [0.2, 0.25) is 0 Å². The maximum atomic E-state index is 11.9. The summed E-state index contributed by atoms with van der Waals surface area (Å²) in [6.07, 6.45) is 3.25.